The van der Waals surface area contributed by atoms with Crippen LogP contribution in [0.3, 0.4) is 0 Å². The van der Waals surface area contributed by atoms with Crippen molar-refractivity contribution in [2.24, 2.45) is 10.2 Å². The van der Waals surface area contributed by atoms with Crippen molar-refractivity contribution in [1.82, 2.24) is 20.7 Å². The first-order valence-electron chi connectivity index (χ1n) is 9.25. The molecule has 0 radical (unpaired) electrons. The highest BCUT2D eigenvalue weighted by Gasteiger charge is 2.11. The van der Waals surface area contributed by atoms with Crippen molar-refractivity contribution in [3.05, 3.63) is 35.9 Å². The van der Waals surface area contributed by atoms with Gasteiger partial charge in [-0.15, -0.1) is 0 Å². The van der Waals surface area contributed by atoms with Gasteiger partial charge in [-0.1, -0.05) is 30.3 Å². The molecule has 8 heteroatoms. The summed E-state index contributed by atoms with van der Waals surface area (Å²) >= 11 is 10.8. The zero-order chi connectivity index (χ0) is 20.2. The molecule has 0 aromatic heterocycles. The summed E-state index contributed by atoms with van der Waals surface area (Å²) < 4.78 is 0. The topological polar surface area (TPSA) is 55.3 Å². The monoisotopic (exact) mass is 406 g/mol. The summed E-state index contributed by atoms with van der Waals surface area (Å²) in [7, 11) is 0. The molecule has 1 rings (SSSR count). The molecule has 1 aromatic carbocycles. The van der Waals surface area contributed by atoms with E-state index in [1.807, 2.05) is 47.1 Å². The van der Waals surface area contributed by atoms with Crippen molar-refractivity contribution in [2.75, 3.05) is 26.2 Å². The van der Waals surface area contributed by atoms with E-state index in [0.29, 0.717) is 21.6 Å². The zero-order valence-electron chi connectivity index (χ0n) is 16.8. The van der Waals surface area contributed by atoms with Gasteiger partial charge < -0.3 is 9.80 Å². The van der Waals surface area contributed by atoms with E-state index in [9.17, 15) is 0 Å². The van der Waals surface area contributed by atoms with Gasteiger partial charge in [0, 0.05) is 31.7 Å². The number of benzene rings is 1. The van der Waals surface area contributed by atoms with E-state index in [1.54, 1.807) is 0 Å². The van der Waals surface area contributed by atoms with E-state index < -0.39 is 0 Å². The summed E-state index contributed by atoms with van der Waals surface area (Å²) in [6.45, 7) is 13.4. The van der Waals surface area contributed by atoms with Crippen molar-refractivity contribution in [3.63, 3.8) is 0 Å². The van der Waals surface area contributed by atoms with Crippen LogP contribution in [0, 0.1) is 0 Å². The molecule has 27 heavy (non-hydrogen) atoms. The van der Waals surface area contributed by atoms with Crippen LogP contribution in [0.15, 0.2) is 40.5 Å². The summed E-state index contributed by atoms with van der Waals surface area (Å²) in [4.78, 5) is 4.06. The lowest BCUT2D eigenvalue weighted by molar-refractivity contribution is 0.457. The van der Waals surface area contributed by atoms with Gasteiger partial charge in [0.1, 0.15) is 5.71 Å². The fourth-order valence-electron chi connectivity index (χ4n) is 2.40. The Balaban J connectivity index is 3.04. The van der Waals surface area contributed by atoms with Crippen molar-refractivity contribution >= 4 is 46.1 Å². The molecule has 0 unspecified atom stereocenters. The molecule has 0 aliphatic heterocycles. The molecule has 0 aliphatic carbocycles. The Labute approximate surface area is 173 Å². The second kappa shape index (κ2) is 12.3. The van der Waals surface area contributed by atoms with E-state index in [0.717, 1.165) is 31.7 Å². The van der Waals surface area contributed by atoms with Crippen LogP contribution in [0.25, 0.3) is 0 Å². The van der Waals surface area contributed by atoms with Crippen LogP contribution < -0.4 is 10.9 Å². The third-order valence-corrected chi connectivity index (χ3v) is 4.77. The lowest BCUT2D eigenvalue weighted by Crippen LogP contribution is -2.39. The lowest BCUT2D eigenvalue weighted by atomic mass is 10.1. The molecule has 148 valence electrons. The average Bonchev–Trinajstić information content (AvgIpc) is 2.69. The smallest absolute Gasteiger partial charge is 0.189 e. The highest BCUT2D eigenvalue weighted by molar-refractivity contribution is 7.80. The second-order valence-corrected chi connectivity index (χ2v) is 6.48. The summed E-state index contributed by atoms with van der Waals surface area (Å²) in [5, 5.41) is 10.2. The molecule has 0 amide bonds. The second-order valence-electron chi connectivity index (χ2n) is 5.70. The molecule has 6 nitrogen and oxygen atoms in total. The summed E-state index contributed by atoms with van der Waals surface area (Å²) in [5.41, 5.74) is 8.32. The predicted octanol–water partition coefficient (Wildman–Crippen LogP) is 3.20. The molecule has 0 atom stereocenters. The quantitative estimate of drug-likeness (QED) is 0.393. The van der Waals surface area contributed by atoms with E-state index >= 15 is 0 Å². The number of nitrogens with zero attached hydrogens (tertiary/aromatic N) is 4. The van der Waals surface area contributed by atoms with Crippen molar-refractivity contribution in [1.29, 1.82) is 0 Å². The fraction of sp³-hybridized carbons (Fsp3) is 0.474. The van der Waals surface area contributed by atoms with Gasteiger partial charge in [-0.3, -0.25) is 10.9 Å². The normalized spacial score (nSPS) is 11.7. The summed E-state index contributed by atoms with van der Waals surface area (Å²) in [6, 6.07) is 9.88. The third-order valence-electron chi connectivity index (χ3n) is 4.07. The average molecular weight is 407 g/mol. The molecule has 0 aliphatic rings. The first kappa shape index (κ1) is 23.0. The van der Waals surface area contributed by atoms with Crippen molar-refractivity contribution in [3.8, 4) is 0 Å². The van der Waals surface area contributed by atoms with Gasteiger partial charge in [-0.25, -0.2) is 0 Å². The number of nitrogens with one attached hydrogen (secondary N) is 2. The minimum absolute atomic E-state index is 0.591. The van der Waals surface area contributed by atoms with E-state index in [1.165, 1.54) is 0 Å². The van der Waals surface area contributed by atoms with Gasteiger partial charge >= 0.3 is 0 Å². The van der Waals surface area contributed by atoms with E-state index in [-0.39, 0.29) is 0 Å². The molecular formula is C19H30N6S2. The van der Waals surface area contributed by atoms with Crippen LogP contribution in [-0.4, -0.2) is 57.6 Å². The minimum atomic E-state index is 0.591. The first-order valence-corrected chi connectivity index (χ1v) is 10.1. The molecule has 0 spiro atoms. The number of hydrogen-bond acceptors (Lipinski definition) is 4. The largest absolute Gasteiger partial charge is 0.348 e. The van der Waals surface area contributed by atoms with Gasteiger partial charge in [0.05, 0.1) is 5.71 Å². The van der Waals surface area contributed by atoms with Crippen LogP contribution in [-0.2, 0) is 0 Å². The molecule has 2 N–H and O–H groups in total. The van der Waals surface area contributed by atoms with Crippen LogP contribution >= 0.6 is 24.4 Å². The minimum Gasteiger partial charge on any atom is -0.348 e. The van der Waals surface area contributed by atoms with E-state index in [4.69, 9.17) is 24.4 Å². The molecule has 0 saturated carbocycles. The third kappa shape index (κ3) is 7.22. The summed E-state index contributed by atoms with van der Waals surface area (Å²) in [5.74, 6) is 0. The molecular weight excluding hydrogens is 376 g/mol. The number of rotatable bonds is 8. The zero-order valence-corrected chi connectivity index (χ0v) is 18.5. The first-order chi connectivity index (χ1) is 13.0. The van der Waals surface area contributed by atoms with Gasteiger partial charge in [0.15, 0.2) is 10.2 Å². The maximum Gasteiger partial charge on any atom is 0.189 e. The van der Waals surface area contributed by atoms with Gasteiger partial charge in [0.2, 0.25) is 0 Å². The van der Waals surface area contributed by atoms with Gasteiger partial charge in [-0.2, -0.15) is 10.2 Å². The van der Waals surface area contributed by atoms with Crippen molar-refractivity contribution < 1.29 is 0 Å². The highest BCUT2D eigenvalue weighted by Crippen LogP contribution is 2.03. The maximum atomic E-state index is 5.43. The maximum absolute atomic E-state index is 5.43. The van der Waals surface area contributed by atoms with Crippen LogP contribution in [0.5, 0.6) is 0 Å². The SMILES string of the molecule is CCN(CC)C(=S)NN=C(C)C(=NNC(=S)N(CC)CC)c1ccccc1. The molecule has 0 fully saturated rings. The molecule has 0 heterocycles. The molecule has 0 bridgehead atoms. The van der Waals surface area contributed by atoms with Gasteiger partial charge in [0.25, 0.3) is 0 Å². The van der Waals surface area contributed by atoms with Crippen molar-refractivity contribution in [2.45, 2.75) is 34.6 Å². The Morgan fingerprint density at radius 3 is 1.70 bits per heavy atom. The van der Waals surface area contributed by atoms with E-state index in [2.05, 4.69) is 48.7 Å². The summed E-state index contributed by atoms with van der Waals surface area (Å²) in [6.07, 6.45) is 0. The Morgan fingerprint density at radius 1 is 0.815 bits per heavy atom. The number of hydrazone groups is 2. The van der Waals surface area contributed by atoms with Gasteiger partial charge in [-0.05, 0) is 59.1 Å². The van der Waals surface area contributed by atoms with Crippen LogP contribution in [0.2, 0.25) is 0 Å². The van der Waals surface area contributed by atoms with Crippen LogP contribution in [0.1, 0.15) is 40.2 Å². The molecule has 1 aromatic rings. The Kier molecular flexibility index (Phi) is 10.5. The Bertz CT molecular complexity index is 664. The Hall–Kier alpha value is -2.06. The fourth-order valence-corrected chi connectivity index (χ4v) is 3.01. The Morgan fingerprint density at radius 2 is 1.26 bits per heavy atom. The standard InChI is InChI=1S/C19H30N6S2/c1-6-24(7-2)18(26)22-20-15(5)17(16-13-11-10-12-14-16)21-23-19(27)25(8-3)9-4/h10-14H,6-9H2,1-5H3,(H,22,26)(H,23,27). The predicted molar refractivity (Wildman–Crippen MR) is 123 cm³/mol. The number of hydrogen-bond donors (Lipinski definition) is 2. The highest BCUT2D eigenvalue weighted by atomic mass is 32.1. The number of thiocarbonyl (C=S) groups is 2. The lowest BCUT2D eigenvalue weighted by Gasteiger charge is -2.21. The van der Waals surface area contributed by atoms with Crippen LogP contribution in [0.4, 0.5) is 0 Å². The molecule has 0 saturated heterocycles.